The van der Waals surface area contributed by atoms with Crippen molar-refractivity contribution < 1.29 is 8.78 Å². The molecule has 1 aliphatic rings. The van der Waals surface area contributed by atoms with E-state index in [-0.39, 0.29) is 0 Å². The van der Waals surface area contributed by atoms with E-state index in [1.54, 1.807) is 0 Å². The van der Waals surface area contributed by atoms with Gasteiger partial charge in [0.05, 0.1) is 0 Å². The van der Waals surface area contributed by atoms with E-state index in [0.29, 0.717) is 17.9 Å². The molecular formula is C16H23F2N. The van der Waals surface area contributed by atoms with Gasteiger partial charge in [-0.05, 0) is 61.8 Å². The molecule has 1 nitrogen and oxygen atoms in total. The van der Waals surface area contributed by atoms with E-state index in [2.05, 4.69) is 19.2 Å². The van der Waals surface area contributed by atoms with Gasteiger partial charge < -0.3 is 5.32 Å². The molecule has 1 aliphatic carbocycles. The van der Waals surface area contributed by atoms with Crippen LogP contribution < -0.4 is 5.32 Å². The van der Waals surface area contributed by atoms with Gasteiger partial charge in [-0.1, -0.05) is 13.8 Å². The monoisotopic (exact) mass is 267 g/mol. The average Bonchev–Trinajstić information content (AvgIpc) is 2.31. The van der Waals surface area contributed by atoms with Crippen molar-refractivity contribution in [3.63, 3.8) is 0 Å². The predicted molar refractivity (Wildman–Crippen MR) is 74.0 cm³/mol. The number of halogens is 2. The van der Waals surface area contributed by atoms with Crippen LogP contribution in [0.2, 0.25) is 0 Å². The van der Waals surface area contributed by atoms with Crippen LogP contribution in [0.25, 0.3) is 0 Å². The van der Waals surface area contributed by atoms with Gasteiger partial charge in [-0.25, -0.2) is 8.78 Å². The van der Waals surface area contributed by atoms with Crippen LogP contribution in [0.1, 0.15) is 38.7 Å². The molecule has 1 aromatic rings. The fourth-order valence-corrected chi connectivity index (χ4v) is 3.29. The lowest BCUT2D eigenvalue weighted by Crippen LogP contribution is -2.41. The van der Waals surface area contributed by atoms with E-state index in [1.165, 1.54) is 18.6 Å². The highest BCUT2D eigenvalue weighted by Crippen LogP contribution is 2.31. The molecule has 0 amide bonds. The highest BCUT2D eigenvalue weighted by Gasteiger charge is 2.28. The zero-order valence-corrected chi connectivity index (χ0v) is 11.8. The van der Waals surface area contributed by atoms with Crippen molar-refractivity contribution in [2.75, 3.05) is 6.54 Å². The average molecular weight is 267 g/mol. The minimum Gasteiger partial charge on any atom is -0.314 e. The van der Waals surface area contributed by atoms with Gasteiger partial charge in [-0.3, -0.25) is 0 Å². The molecule has 3 unspecified atom stereocenters. The number of nitrogens with one attached hydrogen (secondary N) is 1. The largest absolute Gasteiger partial charge is 0.314 e. The maximum absolute atomic E-state index is 13.2. The summed E-state index contributed by atoms with van der Waals surface area (Å²) in [6.45, 7) is 5.32. The summed E-state index contributed by atoms with van der Waals surface area (Å²) in [4.78, 5) is 0. The Bertz CT molecular complexity index is 399. The summed E-state index contributed by atoms with van der Waals surface area (Å²) in [7, 11) is 0. The molecule has 0 bridgehead atoms. The van der Waals surface area contributed by atoms with E-state index < -0.39 is 11.6 Å². The third kappa shape index (κ3) is 4.00. The van der Waals surface area contributed by atoms with Gasteiger partial charge in [0.2, 0.25) is 0 Å². The Morgan fingerprint density at radius 3 is 2.47 bits per heavy atom. The molecule has 0 heterocycles. The Hall–Kier alpha value is -0.960. The molecule has 106 valence electrons. The van der Waals surface area contributed by atoms with Crippen molar-refractivity contribution in [1.82, 2.24) is 5.32 Å². The van der Waals surface area contributed by atoms with Crippen LogP contribution in [0.15, 0.2) is 18.2 Å². The summed E-state index contributed by atoms with van der Waals surface area (Å²) in [6.07, 6.45) is 4.30. The van der Waals surface area contributed by atoms with Crippen LogP contribution in [-0.4, -0.2) is 12.6 Å². The second-order valence-corrected chi connectivity index (χ2v) is 5.82. The molecule has 0 saturated heterocycles. The minimum atomic E-state index is -0.473. The van der Waals surface area contributed by atoms with E-state index in [4.69, 9.17) is 0 Å². The van der Waals surface area contributed by atoms with Crippen LogP contribution in [-0.2, 0) is 6.42 Å². The normalized spacial score (nSPS) is 27.5. The Labute approximate surface area is 114 Å². The van der Waals surface area contributed by atoms with Crippen LogP contribution in [0.3, 0.4) is 0 Å². The first-order valence-electron chi connectivity index (χ1n) is 7.26. The number of hydrogen-bond donors (Lipinski definition) is 1. The van der Waals surface area contributed by atoms with Crippen molar-refractivity contribution in [3.05, 3.63) is 35.4 Å². The van der Waals surface area contributed by atoms with E-state index in [9.17, 15) is 8.78 Å². The van der Waals surface area contributed by atoms with Gasteiger partial charge in [0, 0.05) is 12.1 Å². The second kappa shape index (κ2) is 6.47. The van der Waals surface area contributed by atoms with Gasteiger partial charge in [0.1, 0.15) is 11.6 Å². The fraction of sp³-hybridized carbons (Fsp3) is 0.625. The number of hydrogen-bond acceptors (Lipinski definition) is 1. The standard InChI is InChI=1S/C16H23F2N/c1-3-19-16-5-4-11(2)6-13(16)7-12-8-14(17)10-15(18)9-12/h8-11,13,16,19H,3-7H2,1-2H3. The second-order valence-electron chi connectivity index (χ2n) is 5.82. The summed E-state index contributed by atoms with van der Waals surface area (Å²) < 4.78 is 26.5. The maximum Gasteiger partial charge on any atom is 0.126 e. The Morgan fingerprint density at radius 1 is 1.16 bits per heavy atom. The third-order valence-corrected chi connectivity index (χ3v) is 4.13. The van der Waals surface area contributed by atoms with Gasteiger partial charge in [0.25, 0.3) is 0 Å². The molecule has 2 rings (SSSR count). The van der Waals surface area contributed by atoms with Crippen LogP contribution in [0, 0.1) is 23.5 Å². The van der Waals surface area contributed by atoms with Crippen LogP contribution in [0.4, 0.5) is 8.78 Å². The molecule has 19 heavy (non-hydrogen) atoms. The molecule has 1 fully saturated rings. The zero-order chi connectivity index (χ0) is 13.8. The van der Waals surface area contributed by atoms with E-state index in [1.807, 2.05) is 0 Å². The summed E-state index contributed by atoms with van der Waals surface area (Å²) in [6, 6.07) is 4.35. The molecule has 0 aliphatic heterocycles. The molecule has 1 aromatic carbocycles. The first kappa shape index (κ1) is 14.4. The molecule has 1 N–H and O–H groups in total. The smallest absolute Gasteiger partial charge is 0.126 e. The van der Waals surface area contributed by atoms with Crippen molar-refractivity contribution in [2.45, 2.75) is 45.6 Å². The molecule has 1 saturated carbocycles. The molecule has 3 atom stereocenters. The lowest BCUT2D eigenvalue weighted by molar-refractivity contribution is 0.214. The predicted octanol–water partition coefficient (Wildman–Crippen LogP) is 3.92. The lowest BCUT2D eigenvalue weighted by Gasteiger charge is -2.35. The Balaban J connectivity index is 2.09. The fourth-order valence-electron chi connectivity index (χ4n) is 3.29. The van der Waals surface area contributed by atoms with Crippen molar-refractivity contribution >= 4 is 0 Å². The lowest BCUT2D eigenvalue weighted by atomic mass is 9.76. The van der Waals surface area contributed by atoms with Crippen molar-refractivity contribution in [1.29, 1.82) is 0 Å². The topological polar surface area (TPSA) is 12.0 Å². The summed E-state index contributed by atoms with van der Waals surface area (Å²) in [5, 5.41) is 3.52. The first-order valence-corrected chi connectivity index (χ1v) is 7.26. The maximum atomic E-state index is 13.2. The van der Waals surface area contributed by atoms with Crippen molar-refractivity contribution in [2.24, 2.45) is 11.8 Å². The summed E-state index contributed by atoms with van der Waals surface area (Å²) in [5.41, 5.74) is 0.777. The van der Waals surface area contributed by atoms with Crippen LogP contribution >= 0.6 is 0 Å². The highest BCUT2D eigenvalue weighted by molar-refractivity contribution is 5.19. The minimum absolute atomic E-state index is 0.473. The molecule has 3 heteroatoms. The Morgan fingerprint density at radius 2 is 1.84 bits per heavy atom. The third-order valence-electron chi connectivity index (χ3n) is 4.13. The first-order chi connectivity index (χ1) is 9.08. The van der Waals surface area contributed by atoms with E-state index >= 15 is 0 Å². The molecular weight excluding hydrogens is 244 g/mol. The summed E-state index contributed by atoms with van der Waals surface area (Å²) >= 11 is 0. The SMILES string of the molecule is CCNC1CCC(C)CC1Cc1cc(F)cc(F)c1. The number of rotatable bonds is 4. The van der Waals surface area contributed by atoms with Crippen molar-refractivity contribution in [3.8, 4) is 0 Å². The summed E-state index contributed by atoms with van der Waals surface area (Å²) in [5.74, 6) is 0.237. The highest BCUT2D eigenvalue weighted by atomic mass is 19.1. The molecule has 0 spiro atoms. The zero-order valence-electron chi connectivity index (χ0n) is 11.8. The van der Waals surface area contributed by atoms with Crippen LogP contribution in [0.5, 0.6) is 0 Å². The van der Waals surface area contributed by atoms with Gasteiger partial charge >= 0.3 is 0 Å². The molecule has 0 aromatic heterocycles. The van der Waals surface area contributed by atoms with Gasteiger partial charge in [-0.2, -0.15) is 0 Å². The van der Waals surface area contributed by atoms with Gasteiger partial charge in [-0.15, -0.1) is 0 Å². The quantitative estimate of drug-likeness (QED) is 0.871. The van der Waals surface area contributed by atoms with Gasteiger partial charge in [0.15, 0.2) is 0 Å². The number of benzene rings is 1. The Kier molecular flexibility index (Phi) is 4.92. The van der Waals surface area contributed by atoms with E-state index in [0.717, 1.165) is 37.4 Å². The molecule has 0 radical (unpaired) electrons.